The zero-order valence-corrected chi connectivity index (χ0v) is 16.0. The SMILES string of the molecule is COc1ccc(S(=O)(=O)CCNC(=O)CCc2ccc(F)cc2)cc1OC. The largest absolute Gasteiger partial charge is 0.493 e. The Kier molecular flexibility index (Phi) is 7.18. The number of benzene rings is 2. The number of ether oxygens (including phenoxy) is 2. The number of carbonyl (C=O) groups excluding carboxylic acids is 1. The molecule has 6 nitrogen and oxygen atoms in total. The first kappa shape index (κ1) is 20.7. The highest BCUT2D eigenvalue weighted by molar-refractivity contribution is 7.91. The van der Waals surface area contributed by atoms with E-state index in [2.05, 4.69) is 5.32 Å². The van der Waals surface area contributed by atoms with Crippen LogP contribution in [0, 0.1) is 5.82 Å². The Morgan fingerprint density at radius 2 is 1.70 bits per heavy atom. The summed E-state index contributed by atoms with van der Waals surface area (Å²) in [6.45, 7) is -0.00106. The smallest absolute Gasteiger partial charge is 0.220 e. The highest BCUT2D eigenvalue weighted by Gasteiger charge is 2.17. The maximum atomic E-state index is 12.8. The summed E-state index contributed by atoms with van der Waals surface area (Å²) in [7, 11) is -0.685. The van der Waals surface area contributed by atoms with Crippen LogP contribution in [0.3, 0.4) is 0 Å². The Hall–Kier alpha value is -2.61. The predicted molar refractivity (Wildman–Crippen MR) is 99.3 cm³/mol. The molecule has 2 rings (SSSR count). The molecule has 0 bridgehead atoms. The standard InChI is InChI=1S/C19H22FNO5S/c1-25-17-9-8-16(13-18(17)26-2)27(23,24)12-11-21-19(22)10-5-14-3-6-15(20)7-4-14/h3-4,6-9,13H,5,10-12H2,1-2H3,(H,21,22). The van der Waals surface area contributed by atoms with Gasteiger partial charge in [0.05, 0.1) is 24.9 Å². The lowest BCUT2D eigenvalue weighted by molar-refractivity contribution is -0.120. The van der Waals surface area contributed by atoms with Crippen molar-refractivity contribution in [3.05, 3.63) is 53.8 Å². The first-order chi connectivity index (χ1) is 12.9. The highest BCUT2D eigenvalue weighted by atomic mass is 32.2. The van der Waals surface area contributed by atoms with Crippen LogP contribution in [0.4, 0.5) is 4.39 Å². The fraction of sp³-hybridized carbons (Fsp3) is 0.316. The van der Waals surface area contributed by atoms with Gasteiger partial charge in [-0.15, -0.1) is 0 Å². The van der Waals surface area contributed by atoms with E-state index in [-0.39, 0.29) is 35.3 Å². The molecule has 0 heterocycles. The van der Waals surface area contributed by atoms with Gasteiger partial charge in [-0.1, -0.05) is 12.1 Å². The third kappa shape index (κ3) is 5.96. The minimum Gasteiger partial charge on any atom is -0.493 e. The zero-order valence-electron chi connectivity index (χ0n) is 15.2. The van der Waals surface area contributed by atoms with E-state index >= 15 is 0 Å². The average Bonchev–Trinajstić information content (AvgIpc) is 2.66. The van der Waals surface area contributed by atoms with E-state index in [0.29, 0.717) is 17.9 Å². The number of hydrogen-bond acceptors (Lipinski definition) is 5. The van der Waals surface area contributed by atoms with Crippen molar-refractivity contribution in [3.63, 3.8) is 0 Å². The summed E-state index contributed by atoms with van der Waals surface area (Å²) >= 11 is 0. The van der Waals surface area contributed by atoms with Gasteiger partial charge in [-0.05, 0) is 36.2 Å². The molecule has 0 unspecified atom stereocenters. The third-order valence-corrected chi connectivity index (χ3v) is 5.67. The summed E-state index contributed by atoms with van der Waals surface area (Å²) in [6, 6.07) is 10.3. The molecule has 27 heavy (non-hydrogen) atoms. The normalized spacial score (nSPS) is 11.1. The van der Waals surface area contributed by atoms with Crippen molar-refractivity contribution in [3.8, 4) is 11.5 Å². The Bertz CT molecular complexity index is 881. The van der Waals surface area contributed by atoms with Gasteiger partial charge in [-0.3, -0.25) is 4.79 Å². The molecule has 1 amide bonds. The third-order valence-electron chi connectivity index (χ3n) is 3.96. The molecule has 0 aliphatic carbocycles. The molecule has 2 aromatic carbocycles. The Balaban J connectivity index is 1.86. The minimum absolute atomic E-state index is 0.00106. The van der Waals surface area contributed by atoms with Gasteiger partial charge in [0.15, 0.2) is 21.3 Å². The summed E-state index contributed by atoms with van der Waals surface area (Å²) < 4.78 is 47.9. The lowest BCUT2D eigenvalue weighted by Gasteiger charge is -2.10. The van der Waals surface area contributed by atoms with E-state index in [9.17, 15) is 17.6 Å². The number of rotatable bonds is 9. The molecule has 0 fully saturated rings. The average molecular weight is 395 g/mol. The van der Waals surface area contributed by atoms with Crippen molar-refractivity contribution < 1.29 is 27.1 Å². The summed E-state index contributed by atoms with van der Waals surface area (Å²) in [5, 5.41) is 2.59. The number of amides is 1. The van der Waals surface area contributed by atoms with Crippen molar-refractivity contribution >= 4 is 15.7 Å². The van der Waals surface area contributed by atoms with Crippen molar-refractivity contribution in [2.45, 2.75) is 17.7 Å². The highest BCUT2D eigenvalue weighted by Crippen LogP contribution is 2.29. The molecular formula is C19H22FNO5S. The molecule has 0 spiro atoms. The number of aryl methyl sites for hydroxylation is 1. The van der Waals surface area contributed by atoms with Crippen LogP contribution in [0.5, 0.6) is 11.5 Å². The fourth-order valence-electron chi connectivity index (χ4n) is 2.45. The monoisotopic (exact) mass is 395 g/mol. The van der Waals surface area contributed by atoms with Crippen LogP contribution < -0.4 is 14.8 Å². The Morgan fingerprint density at radius 3 is 2.33 bits per heavy atom. The molecule has 0 atom stereocenters. The van der Waals surface area contributed by atoms with Gasteiger partial charge in [0.25, 0.3) is 0 Å². The number of nitrogens with one attached hydrogen (secondary N) is 1. The molecule has 0 aromatic heterocycles. The second-order valence-electron chi connectivity index (χ2n) is 5.81. The summed E-state index contributed by atoms with van der Waals surface area (Å²) in [6.07, 6.45) is 0.649. The maximum absolute atomic E-state index is 12.8. The summed E-state index contributed by atoms with van der Waals surface area (Å²) in [5.74, 6) is -0.0667. The first-order valence-electron chi connectivity index (χ1n) is 8.31. The second kappa shape index (κ2) is 9.36. The topological polar surface area (TPSA) is 81.7 Å². The van der Waals surface area contributed by atoms with E-state index in [4.69, 9.17) is 9.47 Å². The van der Waals surface area contributed by atoms with Gasteiger partial charge in [0.1, 0.15) is 5.82 Å². The second-order valence-corrected chi connectivity index (χ2v) is 7.92. The van der Waals surface area contributed by atoms with Crippen molar-refractivity contribution in [2.75, 3.05) is 26.5 Å². The van der Waals surface area contributed by atoms with Crippen molar-refractivity contribution in [1.82, 2.24) is 5.32 Å². The van der Waals surface area contributed by atoms with Crippen LogP contribution in [0.15, 0.2) is 47.4 Å². The van der Waals surface area contributed by atoms with Gasteiger partial charge in [-0.25, -0.2) is 12.8 Å². The van der Waals surface area contributed by atoms with E-state index < -0.39 is 9.84 Å². The minimum atomic E-state index is -3.58. The molecule has 0 radical (unpaired) electrons. The molecular weight excluding hydrogens is 373 g/mol. The van der Waals surface area contributed by atoms with Crippen molar-refractivity contribution in [1.29, 1.82) is 0 Å². The molecule has 0 saturated heterocycles. The fourth-order valence-corrected chi connectivity index (χ4v) is 3.62. The lowest BCUT2D eigenvalue weighted by Crippen LogP contribution is -2.29. The number of halogens is 1. The van der Waals surface area contributed by atoms with Gasteiger partial charge >= 0.3 is 0 Å². The van der Waals surface area contributed by atoms with Crippen molar-refractivity contribution in [2.24, 2.45) is 0 Å². The van der Waals surface area contributed by atoms with Crippen LogP contribution in [-0.4, -0.2) is 40.8 Å². The summed E-state index contributed by atoms with van der Waals surface area (Å²) in [5.41, 5.74) is 0.837. The maximum Gasteiger partial charge on any atom is 0.220 e. The Labute approximate surface area is 158 Å². The quantitative estimate of drug-likeness (QED) is 0.705. The summed E-state index contributed by atoms with van der Waals surface area (Å²) in [4.78, 5) is 12.0. The Morgan fingerprint density at radius 1 is 1.04 bits per heavy atom. The number of sulfone groups is 1. The van der Waals surface area contributed by atoms with Gasteiger partial charge < -0.3 is 14.8 Å². The van der Waals surface area contributed by atoms with E-state index in [0.717, 1.165) is 5.56 Å². The number of carbonyl (C=O) groups is 1. The van der Waals surface area contributed by atoms with Gasteiger partial charge in [-0.2, -0.15) is 0 Å². The van der Waals surface area contributed by atoms with Gasteiger partial charge in [0, 0.05) is 19.0 Å². The van der Waals surface area contributed by atoms with E-state index in [1.807, 2.05) is 0 Å². The van der Waals surface area contributed by atoms with Crippen LogP contribution in [-0.2, 0) is 21.1 Å². The van der Waals surface area contributed by atoms with Crippen LogP contribution in [0.25, 0.3) is 0 Å². The molecule has 8 heteroatoms. The van der Waals surface area contributed by atoms with Crippen LogP contribution in [0.1, 0.15) is 12.0 Å². The lowest BCUT2D eigenvalue weighted by atomic mass is 10.1. The predicted octanol–water partition coefficient (Wildman–Crippen LogP) is 2.37. The zero-order chi connectivity index (χ0) is 19.9. The van der Waals surface area contributed by atoms with Gasteiger partial charge in [0.2, 0.25) is 5.91 Å². The molecule has 146 valence electrons. The van der Waals surface area contributed by atoms with E-state index in [1.54, 1.807) is 12.1 Å². The first-order valence-corrected chi connectivity index (χ1v) is 9.97. The molecule has 1 N–H and O–H groups in total. The molecule has 0 aliphatic rings. The van der Waals surface area contributed by atoms with E-state index in [1.165, 1.54) is 44.6 Å². The number of hydrogen-bond donors (Lipinski definition) is 1. The number of methoxy groups -OCH3 is 2. The van der Waals surface area contributed by atoms with Crippen LogP contribution in [0.2, 0.25) is 0 Å². The molecule has 0 aliphatic heterocycles. The van der Waals surface area contributed by atoms with Crippen LogP contribution >= 0.6 is 0 Å². The molecule has 2 aromatic rings. The molecule has 0 saturated carbocycles.